The maximum atomic E-state index is 12.0. The molecule has 0 aliphatic heterocycles. The van der Waals surface area contributed by atoms with Gasteiger partial charge in [0.05, 0.1) is 6.67 Å². The minimum atomic E-state index is -0.361. The summed E-state index contributed by atoms with van der Waals surface area (Å²) in [6.45, 7) is 3.80. The monoisotopic (exact) mass is 478 g/mol. The van der Waals surface area contributed by atoms with Gasteiger partial charge in [0.25, 0.3) is 0 Å². The van der Waals surface area contributed by atoms with E-state index in [2.05, 4.69) is 16.8 Å². The minimum Gasteiger partial charge on any atom is -0.294 e. The third-order valence-electron chi connectivity index (χ3n) is 5.29. The summed E-state index contributed by atoms with van der Waals surface area (Å²) < 4.78 is 46.3. The smallest absolute Gasteiger partial charge is 0.171 e. The third kappa shape index (κ3) is 13.5. The lowest BCUT2D eigenvalue weighted by molar-refractivity contribution is -0.00620. The second kappa shape index (κ2) is 18.4. The van der Waals surface area contributed by atoms with E-state index in [4.69, 9.17) is 0 Å². The van der Waals surface area contributed by atoms with Crippen LogP contribution in [0.4, 0.5) is 17.8 Å². The molecular weight excluding hydrogens is 444 g/mol. The molecule has 1 aliphatic rings. The molecule has 2 nitrogen and oxygen atoms in total. The molecule has 1 fully saturated rings. The van der Waals surface area contributed by atoms with Crippen LogP contribution < -0.4 is 9.88 Å². The quantitative estimate of drug-likeness (QED) is 0.348. The Labute approximate surface area is 200 Å². The summed E-state index contributed by atoms with van der Waals surface area (Å²) >= 11 is 0. The lowest BCUT2D eigenvalue weighted by Crippen LogP contribution is -2.13. The maximum Gasteiger partial charge on any atom is 0.171 e. The fourth-order valence-electron chi connectivity index (χ4n) is 3.10. The molecule has 6 heteroatoms. The average Bonchev–Trinajstić information content (AvgIpc) is 2.91. The fourth-order valence-corrected chi connectivity index (χ4v) is 3.10. The highest BCUT2D eigenvalue weighted by Gasteiger charge is 2.17. The van der Waals surface area contributed by atoms with Crippen LogP contribution in [0, 0.1) is 18.8 Å². The highest BCUT2D eigenvalue weighted by atomic mass is 19.3. The molecule has 0 bridgehead atoms. The fraction of sp³-hybridized carbons (Fsp3) is 0.357. The Hall–Kier alpha value is -3.02. The largest absolute Gasteiger partial charge is 0.294 e. The first kappa shape index (κ1) is 29.0. The molecule has 186 valence electrons. The van der Waals surface area contributed by atoms with Gasteiger partial charge in [0.1, 0.15) is 6.67 Å². The van der Waals surface area contributed by atoms with Crippen molar-refractivity contribution in [2.24, 2.45) is 11.8 Å². The topological polar surface area (TPSA) is 18.5 Å². The molecular formula is C28H34F4O2. The molecule has 0 radical (unpaired) electrons. The van der Waals surface area contributed by atoms with Gasteiger partial charge in [-0.25, -0.2) is 4.39 Å². The third-order valence-corrected chi connectivity index (χ3v) is 5.29. The Bertz CT molecular complexity index is 798. The van der Waals surface area contributed by atoms with E-state index in [1.165, 1.54) is 18.4 Å². The van der Waals surface area contributed by atoms with Crippen LogP contribution in [0.5, 0.6) is 11.5 Å². The lowest BCUT2D eigenvalue weighted by Gasteiger charge is -2.23. The van der Waals surface area contributed by atoms with E-state index < -0.39 is 0 Å². The lowest BCUT2D eigenvalue weighted by atomic mass is 9.84. The van der Waals surface area contributed by atoms with Crippen molar-refractivity contribution in [2.75, 3.05) is 6.67 Å². The van der Waals surface area contributed by atoms with Gasteiger partial charge < -0.3 is 0 Å². The number of alkyl halides is 2. The summed E-state index contributed by atoms with van der Waals surface area (Å²) in [5.74, 6) is 1.74. The molecule has 0 spiro atoms. The van der Waals surface area contributed by atoms with Crippen molar-refractivity contribution < 1.29 is 27.7 Å². The van der Waals surface area contributed by atoms with Gasteiger partial charge in [-0.1, -0.05) is 86.0 Å². The predicted octanol–water partition coefficient (Wildman–Crippen LogP) is 9.15. The van der Waals surface area contributed by atoms with Crippen molar-refractivity contribution in [3.05, 3.63) is 96.1 Å². The molecule has 0 unspecified atom stereocenters. The van der Waals surface area contributed by atoms with E-state index in [-0.39, 0.29) is 24.8 Å². The van der Waals surface area contributed by atoms with E-state index in [1.54, 1.807) is 72.8 Å². The van der Waals surface area contributed by atoms with Crippen LogP contribution >= 0.6 is 0 Å². The zero-order valence-corrected chi connectivity index (χ0v) is 19.8. The van der Waals surface area contributed by atoms with E-state index in [0.717, 1.165) is 24.3 Å². The van der Waals surface area contributed by atoms with Crippen LogP contribution in [-0.4, -0.2) is 6.67 Å². The Morgan fingerprint density at radius 1 is 0.676 bits per heavy atom. The van der Waals surface area contributed by atoms with Gasteiger partial charge in [0.2, 0.25) is 0 Å². The molecule has 0 atom stereocenters. The van der Waals surface area contributed by atoms with Gasteiger partial charge in [-0.05, 0) is 61.4 Å². The summed E-state index contributed by atoms with van der Waals surface area (Å²) in [5.41, 5.74) is 1.92. The van der Waals surface area contributed by atoms with Crippen molar-refractivity contribution in [1.82, 2.24) is 0 Å². The molecule has 0 N–H and O–H groups in total. The number of aryl methyl sites for hydroxylation is 1. The van der Waals surface area contributed by atoms with E-state index in [0.29, 0.717) is 5.92 Å². The van der Waals surface area contributed by atoms with Gasteiger partial charge in [0.15, 0.2) is 11.5 Å². The zero-order valence-electron chi connectivity index (χ0n) is 19.8. The summed E-state index contributed by atoms with van der Waals surface area (Å²) in [6.07, 6.45) is 4.73. The van der Waals surface area contributed by atoms with Crippen LogP contribution in [0.15, 0.2) is 84.9 Å². The first-order valence-corrected chi connectivity index (χ1v) is 11.4. The molecule has 3 aromatic carbocycles. The van der Waals surface area contributed by atoms with Crippen LogP contribution in [0.25, 0.3) is 0 Å². The Kier molecular flexibility index (Phi) is 15.7. The number of benzene rings is 3. The van der Waals surface area contributed by atoms with Gasteiger partial charge >= 0.3 is 0 Å². The summed E-state index contributed by atoms with van der Waals surface area (Å²) in [4.78, 5) is 6.83. The van der Waals surface area contributed by atoms with Crippen molar-refractivity contribution >= 4 is 0 Å². The van der Waals surface area contributed by atoms with Crippen LogP contribution in [0.1, 0.15) is 43.7 Å². The van der Waals surface area contributed by atoms with Gasteiger partial charge in [-0.3, -0.25) is 14.3 Å². The van der Waals surface area contributed by atoms with Gasteiger partial charge in [-0.15, -0.1) is 0 Å². The Morgan fingerprint density at radius 2 is 1.12 bits per heavy atom. The first-order valence-electron chi connectivity index (χ1n) is 11.4. The number of halogens is 4. The molecule has 4 rings (SSSR count). The van der Waals surface area contributed by atoms with Crippen LogP contribution in [0.2, 0.25) is 0 Å². The van der Waals surface area contributed by atoms with E-state index in [1.807, 2.05) is 19.1 Å². The van der Waals surface area contributed by atoms with Crippen molar-refractivity contribution in [2.45, 2.75) is 46.2 Å². The number of hydrogen-bond acceptors (Lipinski definition) is 2. The summed E-state index contributed by atoms with van der Waals surface area (Å²) in [7, 11) is 0. The van der Waals surface area contributed by atoms with Crippen molar-refractivity contribution in [3.63, 3.8) is 0 Å². The highest BCUT2D eigenvalue weighted by molar-refractivity contribution is 5.21. The molecule has 0 amide bonds. The van der Waals surface area contributed by atoms with Gasteiger partial charge in [-0.2, -0.15) is 0 Å². The Balaban J connectivity index is 0.000000227. The zero-order chi connectivity index (χ0) is 25.0. The number of para-hydroxylation sites is 2. The summed E-state index contributed by atoms with van der Waals surface area (Å²) in [5, 5.41) is 0. The molecule has 3 aromatic rings. The highest BCUT2D eigenvalue weighted by Crippen LogP contribution is 2.28. The van der Waals surface area contributed by atoms with Crippen molar-refractivity contribution in [3.8, 4) is 11.5 Å². The minimum absolute atomic E-state index is 0.0906. The Morgan fingerprint density at radius 3 is 1.44 bits per heavy atom. The molecule has 0 saturated heterocycles. The second-order valence-electron chi connectivity index (χ2n) is 8.18. The molecule has 0 heterocycles. The normalized spacial score (nSPS) is 16.3. The molecule has 0 aromatic heterocycles. The maximum absolute atomic E-state index is 12.0. The standard InChI is InChI=1S/C8H15F.C8H9F.2C6H5FO/c2*1-7-2-4-8(6-9)5-3-7;2*7-8-6-4-2-1-3-5-6/h7-8H,2-6H2,1H3;2-5H,6H2,1H3;2*1-5H. The average molecular weight is 479 g/mol. The predicted molar refractivity (Wildman–Crippen MR) is 129 cm³/mol. The molecule has 34 heavy (non-hydrogen) atoms. The molecule has 1 aliphatic carbocycles. The SMILES string of the molecule is CC1CCC(CF)CC1.Cc1ccc(CF)cc1.FOc1ccccc1.FOc1ccccc1. The summed E-state index contributed by atoms with van der Waals surface area (Å²) in [6, 6.07) is 24.0. The van der Waals surface area contributed by atoms with Crippen LogP contribution in [-0.2, 0) is 6.67 Å². The van der Waals surface area contributed by atoms with E-state index >= 15 is 0 Å². The first-order chi connectivity index (χ1) is 16.5. The number of hydrogen-bond donors (Lipinski definition) is 0. The second-order valence-corrected chi connectivity index (χ2v) is 8.18. The van der Waals surface area contributed by atoms with E-state index in [9.17, 15) is 17.8 Å². The number of rotatable bonds is 4. The molecule has 1 saturated carbocycles. The van der Waals surface area contributed by atoms with Crippen molar-refractivity contribution in [1.29, 1.82) is 0 Å². The van der Waals surface area contributed by atoms with Gasteiger partial charge in [0, 0.05) is 9.05 Å². The van der Waals surface area contributed by atoms with Crippen LogP contribution in [0.3, 0.4) is 0 Å².